The maximum atomic E-state index is 16.1. The molecule has 2 fully saturated rings. The Labute approximate surface area is 219 Å². The molecule has 11 heteroatoms. The van der Waals surface area contributed by atoms with Gasteiger partial charge in [0.2, 0.25) is 5.91 Å². The summed E-state index contributed by atoms with van der Waals surface area (Å²) in [7, 11) is 1.60. The second kappa shape index (κ2) is 9.54. The Morgan fingerprint density at radius 1 is 1.26 bits per heavy atom. The number of fused-ring (bicyclic) bond motifs is 2. The van der Waals surface area contributed by atoms with Gasteiger partial charge in [0.1, 0.15) is 35.2 Å². The summed E-state index contributed by atoms with van der Waals surface area (Å²) in [5.74, 6) is -3.40. The van der Waals surface area contributed by atoms with Gasteiger partial charge in [-0.25, -0.2) is 13.8 Å². The molecule has 2 atom stereocenters. The van der Waals surface area contributed by atoms with Crippen LogP contribution in [0, 0.1) is 11.6 Å². The highest BCUT2D eigenvalue weighted by Crippen LogP contribution is 2.45. The zero-order valence-corrected chi connectivity index (χ0v) is 21.5. The number of hydrogen-bond acceptors (Lipinski definition) is 7. The Balaban J connectivity index is 1.70. The SMILES string of the molecule is C=CC(=O)N1CCN2C(=O)c3c(N4CC[C@H](OC)C4(C)C)nc(-c4c(O)cccc4F)c(F)c3OC[C@H]2C1. The van der Waals surface area contributed by atoms with Crippen LogP contribution in [-0.4, -0.2) is 89.3 Å². The van der Waals surface area contributed by atoms with Gasteiger partial charge in [0.25, 0.3) is 5.91 Å². The van der Waals surface area contributed by atoms with Crippen molar-refractivity contribution in [2.75, 3.05) is 44.8 Å². The van der Waals surface area contributed by atoms with E-state index < -0.39 is 46.1 Å². The van der Waals surface area contributed by atoms with E-state index in [0.29, 0.717) is 13.0 Å². The molecular formula is C27H30F2N4O5. The van der Waals surface area contributed by atoms with Crippen LogP contribution in [-0.2, 0) is 9.53 Å². The molecule has 38 heavy (non-hydrogen) atoms. The maximum Gasteiger partial charge on any atom is 0.262 e. The number of phenols is 1. The molecule has 2 amide bonds. The lowest BCUT2D eigenvalue weighted by molar-refractivity contribution is -0.128. The predicted octanol–water partition coefficient (Wildman–Crippen LogP) is 2.97. The van der Waals surface area contributed by atoms with E-state index in [4.69, 9.17) is 9.47 Å². The molecule has 1 aromatic heterocycles. The van der Waals surface area contributed by atoms with Crippen molar-refractivity contribution in [2.45, 2.75) is 38.0 Å². The van der Waals surface area contributed by atoms with E-state index in [-0.39, 0.29) is 55.4 Å². The molecule has 5 rings (SSSR count). The number of halogens is 2. The van der Waals surface area contributed by atoms with Gasteiger partial charge in [-0.1, -0.05) is 12.6 Å². The summed E-state index contributed by atoms with van der Waals surface area (Å²) < 4.78 is 42.7. The number of carbonyl (C=O) groups excluding carboxylic acids is 2. The van der Waals surface area contributed by atoms with Crippen LogP contribution in [0.2, 0.25) is 0 Å². The Morgan fingerprint density at radius 3 is 2.68 bits per heavy atom. The number of nitrogens with zero attached hydrogens (tertiary/aromatic N) is 4. The van der Waals surface area contributed by atoms with Crippen molar-refractivity contribution in [3.63, 3.8) is 0 Å². The van der Waals surface area contributed by atoms with E-state index in [1.54, 1.807) is 16.9 Å². The first-order chi connectivity index (χ1) is 18.1. The molecule has 1 N–H and O–H groups in total. The molecule has 9 nitrogen and oxygen atoms in total. The van der Waals surface area contributed by atoms with Crippen LogP contribution in [0.15, 0.2) is 30.9 Å². The number of pyridine rings is 1. The quantitative estimate of drug-likeness (QED) is 0.610. The van der Waals surface area contributed by atoms with Gasteiger partial charge < -0.3 is 29.3 Å². The zero-order chi connectivity index (χ0) is 27.4. The van der Waals surface area contributed by atoms with Crippen LogP contribution < -0.4 is 9.64 Å². The van der Waals surface area contributed by atoms with Crippen molar-refractivity contribution in [3.8, 4) is 22.8 Å². The number of ether oxygens (including phenoxy) is 2. The van der Waals surface area contributed by atoms with E-state index >= 15 is 4.39 Å². The van der Waals surface area contributed by atoms with E-state index in [1.807, 2.05) is 18.7 Å². The van der Waals surface area contributed by atoms with Crippen molar-refractivity contribution >= 4 is 17.6 Å². The number of rotatable bonds is 4. The highest BCUT2D eigenvalue weighted by atomic mass is 19.1. The summed E-state index contributed by atoms with van der Waals surface area (Å²) in [6.07, 6.45) is 1.62. The van der Waals surface area contributed by atoms with Crippen molar-refractivity contribution in [3.05, 3.63) is 48.1 Å². The first-order valence-electron chi connectivity index (χ1n) is 12.5. The average molecular weight is 529 g/mol. The predicted molar refractivity (Wildman–Crippen MR) is 135 cm³/mol. The fraction of sp³-hybridized carbons (Fsp3) is 0.444. The number of benzene rings is 1. The van der Waals surface area contributed by atoms with Gasteiger partial charge in [0.15, 0.2) is 11.6 Å². The highest BCUT2D eigenvalue weighted by Gasteiger charge is 2.47. The molecule has 0 bridgehead atoms. The summed E-state index contributed by atoms with van der Waals surface area (Å²) in [6, 6.07) is 3.10. The number of aromatic nitrogens is 1. The molecule has 4 heterocycles. The van der Waals surface area contributed by atoms with Crippen LogP contribution in [0.1, 0.15) is 30.6 Å². The molecule has 0 saturated carbocycles. The van der Waals surface area contributed by atoms with Crippen LogP contribution in [0.25, 0.3) is 11.3 Å². The summed E-state index contributed by atoms with van der Waals surface area (Å²) in [5.41, 5.74) is -1.60. The lowest BCUT2D eigenvalue weighted by atomic mass is 9.97. The van der Waals surface area contributed by atoms with Crippen molar-refractivity contribution in [1.29, 1.82) is 0 Å². The number of phenolic OH excluding ortho intramolecular Hbond substituents is 1. The zero-order valence-electron chi connectivity index (χ0n) is 21.5. The molecule has 3 aliphatic heterocycles. The average Bonchev–Trinajstić information content (AvgIpc) is 3.11. The fourth-order valence-corrected chi connectivity index (χ4v) is 5.73. The van der Waals surface area contributed by atoms with Gasteiger partial charge in [-0.3, -0.25) is 9.59 Å². The van der Waals surface area contributed by atoms with Gasteiger partial charge >= 0.3 is 0 Å². The standard InChI is InChI=1S/C27H30F2N4O5/c1-5-19(35)31-11-12-32-15(13-31)14-38-24-21(26(32)36)25(33-10-9-18(37-4)27(33,2)3)30-23(22(24)29)20-16(28)7-6-8-17(20)34/h5-8,15,18,34H,1,9-14H2,2-4H3/t15-,18+/m1/s1. The Hall–Kier alpha value is -3.73. The monoisotopic (exact) mass is 528 g/mol. The normalized spacial score (nSPS) is 22.4. The number of carbonyl (C=O) groups is 2. The van der Waals surface area contributed by atoms with Gasteiger partial charge in [0, 0.05) is 33.3 Å². The van der Waals surface area contributed by atoms with Gasteiger partial charge in [0.05, 0.1) is 23.2 Å². The molecule has 1 aromatic carbocycles. The Kier molecular flexibility index (Phi) is 6.50. The molecule has 0 aliphatic carbocycles. The summed E-state index contributed by atoms with van der Waals surface area (Å²) in [6.45, 7) is 8.42. The van der Waals surface area contributed by atoms with E-state index in [1.165, 1.54) is 18.2 Å². The number of hydrogen-bond donors (Lipinski definition) is 1. The minimum Gasteiger partial charge on any atom is -0.507 e. The Morgan fingerprint density at radius 2 is 2.03 bits per heavy atom. The molecule has 2 saturated heterocycles. The first-order valence-corrected chi connectivity index (χ1v) is 12.5. The van der Waals surface area contributed by atoms with Crippen molar-refractivity contribution in [1.82, 2.24) is 14.8 Å². The van der Waals surface area contributed by atoms with Crippen LogP contribution in [0.4, 0.5) is 14.6 Å². The third-order valence-electron chi connectivity index (χ3n) is 7.81. The summed E-state index contributed by atoms with van der Waals surface area (Å²) in [4.78, 5) is 35.7. The number of aromatic hydroxyl groups is 1. The van der Waals surface area contributed by atoms with E-state index in [9.17, 15) is 19.1 Å². The van der Waals surface area contributed by atoms with Crippen LogP contribution >= 0.6 is 0 Å². The van der Waals surface area contributed by atoms with Crippen molar-refractivity contribution < 1.29 is 33.0 Å². The van der Waals surface area contributed by atoms with Gasteiger partial charge in [-0.05, 0) is 38.5 Å². The topological polar surface area (TPSA) is 95.4 Å². The lowest BCUT2D eigenvalue weighted by Gasteiger charge is -2.40. The third-order valence-corrected chi connectivity index (χ3v) is 7.81. The molecule has 3 aliphatic rings. The molecular weight excluding hydrogens is 498 g/mol. The molecule has 0 spiro atoms. The summed E-state index contributed by atoms with van der Waals surface area (Å²) in [5, 5.41) is 10.5. The smallest absolute Gasteiger partial charge is 0.262 e. The molecule has 202 valence electrons. The van der Waals surface area contributed by atoms with Gasteiger partial charge in [-0.2, -0.15) is 0 Å². The van der Waals surface area contributed by atoms with E-state index in [2.05, 4.69) is 11.6 Å². The molecule has 0 radical (unpaired) electrons. The first kappa shape index (κ1) is 25.9. The maximum absolute atomic E-state index is 16.1. The largest absolute Gasteiger partial charge is 0.507 e. The summed E-state index contributed by atoms with van der Waals surface area (Å²) >= 11 is 0. The van der Waals surface area contributed by atoms with Crippen LogP contribution in [0.3, 0.4) is 0 Å². The number of amides is 2. The van der Waals surface area contributed by atoms with Gasteiger partial charge in [-0.15, -0.1) is 0 Å². The Bertz CT molecular complexity index is 1300. The van der Waals surface area contributed by atoms with Crippen LogP contribution in [0.5, 0.6) is 11.5 Å². The molecule has 0 unspecified atom stereocenters. The minimum atomic E-state index is -1.04. The highest BCUT2D eigenvalue weighted by molar-refractivity contribution is 6.03. The molecule has 2 aromatic rings. The van der Waals surface area contributed by atoms with Crippen molar-refractivity contribution in [2.24, 2.45) is 0 Å². The number of methoxy groups -OCH3 is 1. The number of piperazine rings is 1. The van der Waals surface area contributed by atoms with E-state index in [0.717, 1.165) is 6.07 Å². The number of anilines is 1. The lowest BCUT2D eigenvalue weighted by Crippen LogP contribution is -2.57. The minimum absolute atomic E-state index is 0.0714. The fourth-order valence-electron chi connectivity index (χ4n) is 5.73. The second-order valence-electron chi connectivity index (χ2n) is 10.2. The third kappa shape index (κ3) is 3.96. The second-order valence-corrected chi connectivity index (χ2v) is 10.2.